The molecule has 2 nitrogen and oxygen atoms in total. The van der Waals surface area contributed by atoms with Gasteiger partial charge in [0.1, 0.15) is 0 Å². The van der Waals surface area contributed by atoms with Crippen LogP contribution in [0.1, 0.15) is 38.7 Å². The number of benzene rings is 9. The van der Waals surface area contributed by atoms with Gasteiger partial charge in [0.25, 0.3) is 0 Å². The standard InChI is InChI=1S/C57H42N2/c1-57(2)51-30-15-12-26-47(51)48-35-33-42(37-52(48)57)58(53-31-16-13-25-44(53)39-19-6-3-7-20-39)43-34-36-50-49-27-14-17-32-54(49)59(55(50)38-43)56-45(40-21-8-4-9-22-40)28-18-29-46(56)41-23-10-5-11-24-41/h3-38H,1-2H3/i4D,5D,8D,9D,10D,11D,21D,22D,23D,24D. The summed E-state index contributed by atoms with van der Waals surface area (Å²) >= 11 is 0. The average molecular weight is 765 g/mol. The van der Waals surface area contributed by atoms with E-state index in [1.807, 2.05) is 59.2 Å². The van der Waals surface area contributed by atoms with Crippen LogP contribution < -0.4 is 4.90 Å². The van der Waals surface area contributed by atoms with Crippen molar-refractivity contribution in [3.05, 3.63) is 229 Å². The van der Waals surface area contributed by atoms with Gasteiger partial charge in [-0.05, 0) is 75.3 Å². The molecule has 0 amide bonds. The molecule has 0 radical (unpaired) electrons. The predicted octanol–water partition coefficient (Wildman–Crippen LogP) is 15.6. The predicted molar refractivity (Wildman–Crippen MR) is 249 cm³/mol. The van der Waals surface area contributed by atoms with Crippen LogP contribution in [0.25, 0.3) is 72.0 Å². The van der Waals surface area contributed by atoms with E-state index in [0.717, 1.165) is 39.0 Å². The van der Waals surface area contributed by atoms with Gasteiger partial charge in [0, 0.05) is 44.3 Å². The van der Waals surface area contributed by atoms with Gasteiger partial charge in [0.2, 0.25) is 0 Å². The highest BCUT2D eigenvalue weighted by atomic mass is 15.1. The number of nitrogens with zero attached hydrogens (tertiary/aromatic N) is 2. The zero-order valence-electron chi connectivity index (χ0n) is 42.4. The highest BCUT2D eigenvalue weighted by Gasteiger charge is 2.36. The third-order valence-electron chi connectivity index (χ3n) is 11.8. The number of aromatic nitrogens is 1. The molecule has 59 heavy (non-hydrogen) atoms. The van der Waals surface area contributed by atoms with Gasteiger partial charge in [0.15, 0.2) is 0 Å². The Morgan fingerprint density at radius 2 is 0.983 bits per heavy atom. The summed E-state index contributed by atoms with van der Waals surface area (Å²) in [7, 11) is 0. The molecule has 0 saturated heterocycles. The number of rotatable bonds is 7. The van der Waals surface area contributed by atoms with Gasteiger partial charge < -0.3 is 9.47 Å². The van der Waals surface area contributed by atoms with Crippen molar-refractivity contribution in [2.45, 2.75) is 19.3 Å². The zero-order chi connectivity index (χ0) is 48.2. The number of para-hydroxylation sites is 3. The fraction of sp³-hybridized carbons (Fsp3) is 0.0526. The van der Waals surface area contributed by atoms with Crippen molar-refractivity contribution >= 4 is 38.9 Å². The Morgan fingerprint density at radius 3 is 1.73 bits per heavy atom. The first-order valence-corrected chi connectivity index (χ1v) is 19.7. The molecule has 2 heteroatoms. The van der Waals surface area contributed by atoms with Crippen LogP contribution in [-0.4, -0.2) is 4.57 Å². The Labute approximate surface area is 360 Å². The molecular weight excluding hydrogens is 713 g/mol. The number of anilines is 3. The van der Waals surface area contributed by atoms with Crippen LogP contribution in [0.3, 0.4) is 0 Å². The van der Waals surface area contributed by atoms with Crippen LogP contribution in [0, 0.1) is 0 Å². The third-order valence-corrected chi connectivity index (χ3v) is 11.8. The smallest absolute Gasteiger partial charge is 0.0629 e. The molecule has 0 unspecified atom stereocenters. The van der Waals surface area contributed by atoms with Crippen LogP contribution in [-0.2, 0) is 5.41 Å². The summed E-state index contributed by atoms with van der Waals surface area (Å²) in [6, 6.07) is 47.7. The molecule has 10 aromatic rings. The van der Waals surface area contributed by atoms with E-state index in [9.17, 15) is 5.48 Å². The van der Waals surface area contributed by atoms with E-state index in [0.29, 0.717) is 11.0 Å². The monoisotopic (exact) mass is 764 g/mol. The number of hydrogen-bond acceptors (Lipinski definition) is 1. The van der Waals surface area contributed by atoms with Crippen molar-refractivity contribution in [2.75, 3.05) is 4.90 Å². The van der Waals surface area contributed by atoms with Crippen LogP contribution in [0.4, 0.5) is 17.1 Å². The van der Waals surface area contributed by atoms with E-state index in [2.05, 4.69) is 104 Å². The molecule has 9 aromatic carbocycles. The molecule has 0 bridgehead atoms. The van der Waals surface area contributed by atoms with Crippen molar-refractivity contribution in [1.82, 2.24) is 4.57 Å². The molecule has 0 aliphatic heterocycles. The summed E-state index contributed by atoms with van der Waals surface area (Å²) in [6.07, 6.45) is 0. The summed E-state index contributed by atoms with van der Waals surface area (Å²) < 4.78 is 90.7. The van der Waals surface area contributed by atoms with E-state index in [1.54, 1.807) is 18.2 Å². The van der Waals surface area contributed by atoms with Crippen LogP contribution in [0.15, 0.2) is 218 Å². The van der Waals surface area contributed by atoms with Gasteiger partial charge in [-0.25, -0.2) is 0 Å². The van der Waals surface area contributed by atoms with E-state index in [1.165, 1.54) is 22.3 Å². The largest absolute Gasteiger partial charge is 0.310 e. The third kappa shape index (κ3) is 5.63. The second-order valence-electron chi connectivity index (χ2n) is 15.4. The SMILES string of the molecule is [2H]c1c([2H])c([2H])c(-c2cccc(-c3c([2H])c([2H])c([2H])c([2H])c3[2H])c2-n2c3ccccc3c3ccc(N(c4ccc5c(c4)C(C)(C)c4ccccc4-5)c4ccccc4-c4ccccc4)cc32)c([2H])c1[2H]. The molecule has 0 fully saturated rings. The van der Waals surface area contributed by atoms with Gasteiger partial charge in [0.05, 0.1) is 36.1 Å². The molecule has 1 aliphatic rings. The van der Waals surface area contributed by atoms with Crippen molar-refractivity contribution < 1.29 is 13.7 Å². The van der Waals surface area contributed by atoms with Gasteiger partial charge >= 0.3 is 0 Å². The molecule has 280 valence electrons. The lowest BCUT2D eigenvalue weighted by atomic mass is 9.82. The Kier molecular flexibility index (Phi) is 6.07. The fourth-order valence-corrected chi connectivity index (χ4v) is 9.09. The minimum absolute atomic E-state index is 0.0903. The average Bonchev–Trinajstić information content (AvgIpc) is 3.81. The maximum Gasteiger partial charge on any atom is 0.0629 e. The van der Waals surface area contributed by atoms with Crippen molar-refractivity contribution in [3.63, 3.8) is 0 Å². The van der Waals surface area contributed by atoms with Crippen molar-refractivity contribution in [3.8, 4) is 50.2 Å². The van der Waals surface area contributed by atoms with Gasteiger partial charge in [-0.2, -0.15) is 0 Å². The number of fused-ring (bicyclic) bond motifs is 6. The van der Waals surface area contributed by atoms with Crippen molar-refractivity contribution in [1.29, 1.82) is 0 Å². The number of hydrogen-bond donors (Lipinski definition) is 0. The lowest BCUT2D eigenvalue weighted by Gasteiger charge is -2.30. The van der Waals surface area contributed by atoms with E-state index >= 15 is 0 Å². The van der Waals surface area contributed by atoms with E-state index in [-0.39, 0.29) is 33.4 Å². The molecule has 0 N–H and O–H groups in total. The van der Waals surface area contributed by atoms with Crippen molar-refractivity contribution in [2.24, 2.45) is 0 Å². The van der Waals surface area contributed by atoms with Gasteiger partial charge in [-0.15, -0.1) is 0 Å². The fourth-order valence-electron chi connectivity index (χ4n) is 9.09. The van der Waals surface area contributed by atoms with Crippen LogP contribution in [0.2, 0.25) is 0 Å². The summed E-state index contributed by atoms with van der Waals surface area (Å²) in [5.41, 5.74) is 11.1. The molecule has 1 heterocycles. The molecule has 11 rings (SSSR count). The quantitative estimate of drug-likeness (QED) is 0.157. The summed E-state index contributed by atoms with van der Waals surface area (Å²) in [5.74, 6) is 0. The summed E-state index contributed by atoms with van der Waals surface area (Å²) in [5, 5.41) is 1.68. The van der Waals surface area contributed by atoms with Crippen LogP contribution >= 0.6 is 0 Å². The van der Waals surface area contributed by atoms with Crippen LogP contribution in [0.5, 0.6) is 0 Å². The first kappa shape index (κ1) is 25.8. The van der Waals surface area contributed by atoms with Gasteiger partial charge in [-0.3, -0.25) is 0 Å². The Balaban J connectivity index is 1.26. The topological polar surface area (TPSA) is 8.17 Å². The Bertz CT molecular complexity index is 3640. The highest BCUT2D eigenvalue weighted by Crippen LogP contribution is 2.52. The minimum Gasteiger partial charge on any atom is -0.310 e. The highest BCUT2D eigenvalue weighted by molar-refractivity contribution is 6.12. The lowest BCUT2D eigenvalue weighted by Crippen LogP contribution is -2.17. The Morgan fingerprint density at radius 1 is 0.424 bits per heavy atom. The van der Waals surface area contributed by atoms with Gasteiger partial charge in [-0.1, -0.05) is 196 Å². The lowest BCUT2D eigenvalue weighted by molar-refractivity contribution is 0.660. The normalized spacial score (nSPS) is 15.1. The molecule has 0 saturated carbocycles. The summed E-state index contributed by atoms with van der Waals surface area (Å²) in [4.78, 5) is 2.25. The van der Waals surface area contributed by atoms with E-state index in [4.69, 9.17) is 8.22 Å². The maximum atomic E-state index is 9.22. The second kappa shape index (κ2) is 13.9. The van der Waals surface area contributed by atoms with E-state index < -0.39 is 60.4 Å². The Hall–Kier alpha value is -7.42. The molecule has 1 aromatic heterocycles. The minimum atomic E-state index is -0.548. The molecule has 0 atom stereocenters. The second-order valence-corrected chi connectivity index (χ2v) is 15.4. The molecule has 1 aliphatic carbocycles. The molecular formula is C57H42N2. The maximum absolute atomic E-state index is 9.22. The summed E-state index contributed by atoms with van der Waals surface area (Å²) in [6.45, 7) is 4.52. The zero-order valence-corrected chi connectivity index (χ0v) is 32.4. The first-order chi connectivity index (χ1) is 33.2. The first-order valence-electron chi connectivity index (χ1n) is 24.7. The molecule has 0 spiro atoms.